The van der Waals surface area contributed by atoms with Gasteiger partial charge in [-0.15, -0.1) is 0 Å². The molecule has 0 aromatic heterocycles. The minimum atomic E-state index is -1.62. The van der Waals surface area contributed by atoms with Crippen LogP contribution >= 0.6 is 0 Å². The van der Waals surface area contributed by atoms with Crippen LogP contribution < -0.4 is 10.1 Å². The maximum absolute atomic E-state index is 13.1. The summed E-state index contributed by atoms with van der Waals surface area (Å²) in [6.07, 6.45) is 0.443. The highest BCUT2D eigenvalue weighted by atomic mass is 19.1. The van der Waals surface area contributed by atoms with Crippen molar-refractivity contribution in [3.63, 3.8) is 0 Å². The van der Waals surface area contributed by atoms with Gasteiger partial charge in [0.25, 0.3) is 0 Å². The van der Waals surface area contributed by atoms with Gasteiger partial charge in [0.1, 0.15) is 47.8 Å². The van der Waals surface area contributed by atoms with E-state index in [0.717, 1.165) is 51.4 Å². The van der Waals surface area contributed by atoms with Crippen LogP contribution in [0.4, 0.5) is 4.39 Å². The Kier molecular flexibility index (Phi) is 17.7. The van der Waals surface area contributed by atoms with Gasteiger partial charge in [-0.05, 0) is 67.6 Å². The van der Waals surface area contributed by atoms with E-state index in [9.17, 15) is 39.8 Å². The van der Waals surface area contributed by atoms with Crippen molar-refractivity contribution in [1.29, 1.82) is 0 Å². The van der Waals surface area contributed by atoms with Gasteiger partial charge >= 0.3 is 0 Å². The number of nitrogens with one attached hydrogen (secondary N) is 1. The summed E-state index contributed by atoms with van der Waals surface area (Å²) in [5.41, 5.74) is 1.25. The fraction of sp³-hybridized carbons (Fsp3) is 0.639. The normalized spacial score (nSPS) is 23.0. The molecule has 12 heteroatoms. The molecule has 8 unspecified atom stereocenters. The molecule has 48 heavy (non-hydrogen) atoms. The first-order valence-corrected chi connectivity index (χ1v) is 17.2. The summed E-state index contributed by atoms with van der Waals surface area (Å²) in [5, 5.41) is 63.4. The molecule has 2 aromatic carbocycles. The van der Waals surface area contributed by atoms with Crippen molar-refractivity contribution < 1.29 is 54.0 Å². The topological polar surface area (TPSA) is 178 Å². The Balaban J connectivity index is 1.28. The molecule has 1 aliphatic heterocycles. The molecule has 7 N–H and O–H groups in total. The van der Waals surface area contributed by atoms with E-state index in [4.69, 9.17) is 14.2 Å². The average molecular weight is 680 g/mol. The molecule has 1 aliphatic rings. The molecule has 0 aliphatic carbocycles. The third-order valence-electron chi connectivity index (χ3n) is 8.62. The summed E-state index contributed by atoms with van der Waals surface area (Å²) in [6.45, 7) is 0.897. The standard InChI is InChI=1S/C36H54FNO10/c1-2-11-29(40)32(42)28(23-46-36-35(45)34(44)33(43)30(22-39)48-36)38-31(41)13-10-8-6-4-3-5-7-9-12-24-14-18-26(19-15-24)47-27-20-16-25(37)17-21-27/h14-21,28-30,32-36,39-40,42-45H,2-13,22-23H2,1H3,(H,38,41). The quantitative estimate of drug-likeness (QED) is 0.0912. The zero-order valence-electron chi connectivity index (χ0n) is 27.8. The molecular formula is C36H54FNO10. The minimum absolute atomic E-state index is 0.237. The number of hydrogen-bond donors (Lipinski definition) is 7. The lowest BCUT2D eigenvalue weighted by atomic mass is 9.99. The van der Waals surface area contributed by atoms with Gasteiger partial charge in [0.05, 0.1) is 25.4 Å². The van der Waals surface area contributed by atoms with Gasteiger partial charge < -0.3 is 50.2 Å². The molecule has 0 bridgehead atoms. The van der Waals surface area contributed by atoms with Crippen molar-refractivity contribution in [2.45, 2.75) is 133 Å². The molecule has 3 rings (SSSR count). The molecule has 1 saturated heterocycles. The second-order valence-electron chi connectivity index (χ2n) is 12.6. The van der Waals surface area contributed by atoms with Crippen molar-refractivity contribution in [1.82, 2.24) is 5.32 Å². The lowest BCUT2D eigenvalue weighted by Crippen LogP contribution is -2.60. The first kappa shape index (κ1) is 39.8. The first-order valence-electron chi connectivity index (χ1n) is 17.2. The summed E-state index contributed by atoms with van der Waals surface area (Å²) < 4.78 is 29.7. The van der Waals surface area contributed by atoms with Crippen molar-refractivity contribution in [3.8, 4) is 11.5 Å². The van der Waals surface area contributed by atoms with E-state index in [1.54, 1.807) is 12.1 Å². The van der Waals surface area contributed by atoms with Gasteiger partial charge in [-0.2, -0.15) is 0 Å². The van der Waals surface area contributed by atoms with Gasteiger partial charge in [-0.25, -0.2) is 4.39 Å². The Hall–Kier alpha value is -2.68. The Bertz CT molecular complexity index is 1170. The summed E-state index contributed by atoms with van der Waals surface area (Å²) in [4.78, 5) is 12.7. The van der Waals surface area contributed by atoms with Crippen molar-refractivity contribution >= 4 is 5.91 Å². The first-order chi connectivity index (χ1) is 23.1. The maximum Gasteiger partial charge on any atom is 0.220 e. The van der Waals surface area contributed by atoms with Gasteiger partial charge in [-0.3, -0.25) is 4.79 Å². The summed E-state index contributed by atoms with van der Waals surface area (Å²) >= 11 is 0. The third kappa shape index (κ3) is 13.3. The zero-order chi connectivity index (χ0) is 34.9. The fourth-order valence-electron chi connectivity index (χ4n) is 5.68. The van der Waals surface area contributed by atoms with Crippen LogP contribution in [0.5, 0.6) is 11.5 Å². The lowest BCUT2D eigenvalue weighted by Gasteiger charge is -2.40. The molecular weight excluding hydrogens is 625 g/mol. The maximum atomic E-state index is 13.1. The molecule has 0 saturated carbocycles. The monoisotopic (exact) mass is 679 g/mol. The summed E-state index contributed by atoms with van der Waals surface area (Å²) in [6, 6.07) is 12.9. The Morgan fingerprint density at radius 3 is 2.04 bits per heavy atom. The number of unbranched alkanes of at least 4 members (excludes halogenated alkanes) is 7. The van der Waals surface area contributed by atoms with Gasteiger partial charge in [0.2, 0.25) is 5.91 Å². The molecule has 1 amide bonds. The Labute approximate surface area is 282 Å². The second kappa shape index (κ2) is 21.4. The van der Waals surface area contributed by atoms with Crippen molar-refractivity contribution in [2.24, 2.45) is 0 Å². The Morgan fingerprint density at radius 2 is 1.44 bits per heavy atom. The van der Waals surface area contributed by atoms with E-state index in [0.29, 0.717) is 30.8 Å². The van der Waals surface area contributed by atoms with Gasteiger partial charge in [-0.1, -0.05) is 64.0 Å². The number of benzene rings is 2. The van der Waals surface area contributed by atoms with E-state index in [2.05, 4.69) is 17.4 Å². The van der Waals surface area contributed by atoms with E-state index >= 15 is 0 Å². The van der Waals surface area contributed by atoms with Crippen LogP contribution in [0.25, 0.3) is 0 Å². The van der Waals surface area contributed by atoms with Crippen LogP contribution in [0.15, 0.2) is 48.5 Å². The largest absolute Gasteiger partial charge is 0.457 e. The van der Waals surface area contributed by atoms with Crippen molar-refractivity contribution in [2.75, 3.05) is 13.2 Å². The molecule has 0 spiro atoms. The predicted molar refractivity (Wildman–Crippen MR) is 177 cm³/mol. The molecule has 8 atom stereocenters. The number of aliphatic hydroxyl groups is 6. The molecule has 1 heterocycles. The smallest absolute Gasteiger partial charge is 0.220 e. The van der Waals surface area contributed by atoms with Gasteiger partial charge in [0.15, 0.2) is 6.29 Å². The number of halogens is 1. The van der Waals surface area contributed by atoms with Crippen LogP contribution in [-0.4, -0.2) is 98.7 Å². The predicted octanol–water partition coefficient (Wildman–Crippen LogP) is 3.49. The molecule has 11 nitrogen and oxygen atoms in total. The summed E-state index contributed by atoms with van der Waals surface area (Å²) in [5.74, 6) is 0.703. The van der Waals surface area contributed by atoms with E-state index in [1.165, 1.54) is 17.7 Å². The Morgan fingerprint density at radius 1 is 0.854 bits per heavy atom. The number of hydrogen-bond acceptors (Lipinski definition) is 10. The van der Waals surface area contributed by atoms with Gasteiger partial charge in [0, 0.05) is 6.42 Å². The van der Waals surface area contributed by atoms with E-state index < -0.39 is 55.6 Å². The van der Waals surface area contributed by atoms with E-state index in [1.807, 2.05) is 19.1 Å². The average Bonchev–Trinajstić information content (AvgIpc) is 3.08. The van der Waals surface area contributed by atoms with Crippen molar-refractivity contribution in [3.05, 3.63) is 59.9 Å². The molecule has 2 aromatic rings. The highest BCUT2D eigenvalue weighted by Crippen LogP contribution is 2.24. The molecule has 270 valence electrons. The second-order valence-corrected chi connectivity index (χ2v) is 12.6. The highest BCUT2D eigenvalue weighted by molar-refractivity contribution is 5.76. The fourth-order valence-corrected chi connectivity index (χ4v) is 5.68. The number of amides is 1. The number of carbonyl (C=O) groups excluding carboxylic acids is 1. The lowest BCUT2D eigenvalue weighted by molar-refractivity contribution is -0.303. The van der Waals surface area contributed by atoms with Crippen LogP contribution in [-0.2, 0) is 20.7 Å². The molecule has 0 radical (unpaired) electrons. The van der Waals surface area contributed by atoms with Crippen LogP contribution in [0, 0.1) is 5.82 Å². The third-order valence-corrected chi connectivity index (χ3v) is 8.62. The minimum Gasteiger partial charge on any atom is -0.457 e. The summed E-state index contributed by atoms with van der Waals surface area (Å²) in [7, 11) is 0. The molecule has 1 fully saturated rings. The zero-order valence-corrected chi connectivity index (χ0v) is 27.8. The number of rotatable bonds is 22. The van der Waals surface area contributed by atoms with Crippen LogP contribution in [0.2, 0.25) is 0 Å². The number of aliphatic hydroxyl groups excluding tert-OH is 6. The number of ether oxygens (including phenoxy) is 3. The number of carbonyl (C=O) groups is 1. The van der Waals surface area contributed by atoms with Crippen LogP contribution in [0.3, 0.4) is 0 Å². The van der Waals surface area contributed by atoms with E-state index in [-0.39, 0.29) is 24.8 Å². The highest BCUT2D eigenvalue weighted by Gasteiger charge is 2.44. The van der Waals surface area contributed by atoms with Crippen LogP contribution in [0.1, 0.15) is 83.1 Å². The number of aryl methyl sites for hydroxylation is 1. The SMILES string of the molecule is CCCC(O)C(O)C(COC1OC(CO)C(O)C(O)C1O)NC(=O)CCCCCCCCCCc1ccc(Oc2ccc(F)cc2)cc1.